The molecule has 7 heteroatoms. The molecule has 114 valence electrons. The lowest BCUT2D eigenvalue weighted by Gasteiger charge is -2.27. The molecule has 1 fully saturated rings. The van der Waals surface area contributed by atoms with Gasteiger partial charge < -0.3 is 20.5 Å². The summed E-state index contributed by atoms with van der Waals surface area (Å²) in [5.74, 6) is -1.89. The molecule has 1 rings (SSSR count). The lowest BCUT2D eigenvalue weighted by Crippen LogP contribution is -2.49. The zero-order valence-corrected chi connectivity index (χ0v) is 11.9. The van der Waals surface area contributed by atoms with Gasteiger partial charge in [-0.1, -0.05) is 6.92 Å². The Labute approximate surface area is 118 Å². The highest BCUT2D eigenvalue weighted by Gasteiger charge is 2.40. The number of carbonyl (C=O) groups excluding carboxylic acids is 2. The summed E-state index contributed by atoms with van der Waals surface area (Å²) in [4.78, 5) is 34.5. The summed E-state index contributed by atoms with van der Waals surface area (Å²) < 4.78 is 4.47. The molecule has 1 amide bonds. The summed E-state index contributed by atoms with van der Waals surface area (Å²) in [7, 11) is 1.24. The Kier molecular flexibility index (Phi) is 5.94. The number of hydrogen-bond donors (Lipinski definition) is 3. The van der Waals surface area contributed by atoms with Crippen molar-refractivity contribution < 1.29 is 24.2 Å². The van der Waals surface area contributed by atoms with E-state index in [9.17, 15) is 14.4 Å². The van der Waals surface area contributed by atoms with Crippen molar-refractivity contribution in [2.24, 2.45) is 5.41 Å². The average molecular weight is 286 g/mol. The lowest BCUT2D eigenvalue weighted by atomic mass is 9.83. The Morgan fingerprint density at radius 1 is 1.45 bits per heavy atom. The van der Waals surface area contributed by atoms with Gasteiger partial charge in [-0.2, -0.15) is 0 Å². The summed E-state index contributed by atoms with van der Waals surface area (Å²) >= 11 is 0. The third kappa shape index (κ3) is 3.93. The normalized spacial score (nSPS) is 23.1. The first-order valence-corrected chi connectivity index (χ1v) is 6.76. The standard InChI is InChI=1S/C13H22N2O5/c1-3-13(6-7-14-8-13)12(19)15-9(11(17)18)4-5-10(16)20-2/h9,14H,3-8H2,1-2H3,(H,15,19)(H,17,18)/t9-,13?/m1/s1. The monoisotopic (exact) mass is 286 g/mol. The number of nitrogens with one attached hydrogen (secondary N) is 2. The molecule has 1 heterocycles. The minimum atomic E-state index is -1.14. The Morgan fingerprint density at radius 3 is 2.60 bits per heavy atom. The molecule has 0 aliphatic carbocycles. The van der Waals surface area contributed by atoms with Gasteiger partial charge in [0.1, 0.15) is 6.04 Å². The summed E-state index contributed by atoms with van der Waals surface area (Å²) in [6.07, 6.45) is 1.33. The average Bonchev–Trinajstić information content (AvgIpc) is 2.92. The van der Waals surface area contributed by atoms with Crippen molar-refractivity contribution in [1.82, 2.24) is 10.6 Å². The highest BCUT2D eigenvalue weighted by Crippen LogP contribution is 2.29. The predicted molar refractivity (Wildman–Crippen MR) is 71.0 cm³/mol. The van der Waals surface area contributed by atoms with Crippen molar-refractivity contribution in [1.29, 1.82) is 0 Å². The van der Waals surface area contributed by atoms with E-state index in [0.29, 0.717) is 19.4 Å². The van der Waals surface area contributed by atoms with Crippen LogP contribution in [0.25, 0.3) is 0 Å². The van der Waals surface area contributed by atoms with Gasteiger partial charge in [0.15, 0.2) is 0 Å². The molecule has 0 aromatic carbocycles. The van der Waals surface area contributed by atoms with Crippen molar-refractivity contribution in [3.63, 3.8) is 0 Å². The molecule has 0 bridgehead atoms. The number of methoxy groups -OCH3 is 1. The van der Waals surface area contributed by atoms with E-state index in [1.807, 2.05) is 6.92 Å². The van der Waals surface area contributed by atoms with Gasteiger partial charge in [-0.3, -0.25) is 9.59 Å². The fourth-order valence-corrected chi connectivity index (χ4v) is 2.33. The van der Waals surface area contributed by atoms with Gasteiger partial charge in [0.25, 0.3) is 0 Å². The third-order valence-electron chi connectivity index (χ3n) is 3.87. The van der Waals surface area contributed by atoms with Crippen LogP contribution in [-0.4, -0.2) is 49.2 Å². The van der Waals surface area contributed by atoms with Gasteiger partial charge in [0.05, 0.1) is 12.5 Å². The van der Waals surface area contributed by atoms with Gasteiger partial charge in [-0.05, 0) is 25.8 Å². The van der Waals surface area contributed by atoms with Crippen LogP contribution in [-0.2, 0) is 19.1 Å². The molecule has 2 atom stereocenters. The highest BCUT2D eigenvalue weighted by molar-refractivity contribution is 5.88. The molecule has 20 heavy (non-hydrogen) atoms. The van der Waals surface area contributed by atoms with Crippen LogP contribution in [0.1, 0.15) is 32.6 Å². The SMILES string of the molecule is CCC1(C(=O)N[C@H](CCC(=O)OC)C(=O)O)CCNC1. The van der Waals surface area contributed by atoms with Gasteiger partial charge in [-0.15, -0.1) is 0 Å². The fourth-order valence-electron chi connectivity index (χ4n) is 2.33. The zero-order chi connectivity index (χ0) is 15.2. The molecule has 3 N–H and O–H groups in total. The van der Waals surface area contributed by atoms with E-state index >= 15 is 0 Å². The van der Waals surface area contributed by atoms with Crippen molar-refractivity contribution in [2.75, 3.05) is 20.2 Å². The molecule has 0 saturated carbocycles. The van der Waals surface area contributed by atoms with Crippen LogP contribution in [0, 0.1) is 5.41 Å². The van der Waals surface area contributed by atoms with Gasteiger partial charge in [-0.25, -0.2) is 4.79 Å². The molecule has 1 aliphatic heterocycles. The van der Waals surface area contributed by atoms with Crippen LogP contribution in [0.4, 0.5) is 0 Å². The van der Waals surface area contributed by atoms with E-state index < -0.39 is 23.4 Å². The van der Waals surface area contributed by atoms with E-state index in [-0.39, 0.29) is 18.7 Å². The molecule has 0 aromatic heterocycles. The molecule has 0 radical (unpaired) electrons. The summed E-state index contributed by atoms with van der Waals surface area (Å²) in [6, 6.07) is -1.06. The number of aliphatic carboxylic acids is 1. The molecule has 7 nitrogen and oxygen atoms in total. The zero-order valence-electron chi connectivity index (χ0n) is 11.9. The predicted octanol–water partition coefficient (Wildman–Crippen LogP) is -0.101. The van der Waals surface area contributed by atoms with Crippen LogP contribution in [0.15, 0.2) is 0 Å². The Balaban J connectivity index is 2.63. The van der Waals surface area contributed by atoms with Gasteiger partial charge in [0.2, 0.25) is 5.91 Å². The van der Waals surface area contributed by atoms with E-state index in [0.717, 1.165) is 6.54 Å². The van der Waals surface area contributed by atoms with Crippen molar-refractivity contribution in [2.45, 2.75) is 38.6 Å². The second kappa shape index (κ2) is 7.23. The summed E-state index contributed by atoms with van der Waals surface area (Å²) in [5.41, 5.74) is -0.543. The Bertz CT molecular complexity index is 377. The molecule has 1 saturated heterocycles. The molecular weight excluding hydrogens is 264 g/mol. The van der Waals surface area contributed by atoms with Crippen molar-refractivity contribution in [3.8, 4) is 0 Å². The molecule has 1 aliphatic rings. The number of carbonyl (C=O) groups is 3. The number of carboxylic acid groups (broad SMARTS) is 1. The van der Waals surface area contributed by atoms with Crippen molar-refractivity contribution in [3.05, 3.63) is 0 Å². The number of hydrogen-bond acceptors (Lipinski definition) is 5. The molecular formula is C13H22N2O5. The summed E-state index contributed by atoms with van der Waals surface area (Å²) in [6.45, 7) is 3.22. The molecule has 0 aromatic rings. The largest absolute Gasteiger partial charge is 0.480 e. The van der Waals surface area contributed by atoms with Crippen molar-refractivity contribution >= 4 is 17.8 Å². The fraction of sp³-hybridized carbons (Fsp3) is 0.769. The van der Waals surface area contributed by atoms with Gasteiger partial charge >= 0.3 is 11.9 Å². The lowest BCUT2D eigenvalue weighted by molar-refractivity contribution is -0.145. The minimum Gasteiger partial charge on any atom is -0.480 e. The quantitative estimate of drug-likeness (QED) is 0.564. The summed E-state index contributed by atoms with van der Waals surface area (Å²) in [5, 5.41) is 14.8. The number of carboxylic acids is 1. The number of amides is 1. The smallest absolute Gasteiger partial charge is 0.326 e. The first-order valence-electron chi connectivity index (χ1n) is 6.76. The maximum Gasteiger partial charge on any atom is 0.326 e. The Morgan fingerprint density at radius 2 is 2.15 bits per heavy atom. The molecule has 1 unspecified atom stereocenters. The van der Waals surface area contributed by atoms with Crippen LogP contribution in [0.3, 0.4) is 0 Å². The topological polar surface area (TPSA) is 105 Å². The highest BCUT2D eigenvalue weighted by atomic mass is 16.5. The molecule has 0 spiro atoms. The number of esters is 1. The number of rotatable bonds is 7. The van der Waals surface area contributed by atoms with Crippen LogP contribution in [0.5, 0.6) is 0 Å². The van der Waals surface area contributed by atoms with E-state index in [1.165, 1.54) is 7.11 Å². The third-order valence-corrected chi connectivity index (χ3v) is 3.87. The first-order chi connectivity index (χ1) is 9.45. The van der Waals surface area contributed by atoms with Crippen LogP contribution < -0.4 is 10.6 Å². The maximum absolute atomic E-state index is 12.3. The van der Waals surface area contributed by atoms with E-state index in [2.05, 4.69) is 15.4 Å². The van der Waals surface area contributed by atoms with Crippen LogP contribution in [0.2, 0.25) is 0 Å². The minimum absolute atomic E-state index is 0.0287. The maximum atomic E-state index is 12.3. The van der Waals surface area contributed by atoms with E-state index in [4.69, 9.17) is 5.11 Å². The second-order valence-corrected chi connectivity index (χ2v) is 5.04. The Hall–Kier alpha value is -1.63. The van der Waals surface area contributed by atoms with Crippen LogP contribution >= 0.6 is 0 Å². The number of ether oxygens (including phenoxy) is 1. The van der Waals surface area contributed by atoms with Gasteiger partial charge in [0, 0.05) is 13.0 Å². The first kappa shape index (κ1) is 16.4. The second-order valence-electron chi connectivity index (χ2n) is 5.04. The van der Waals surface area contributed by atoms with E-state index in [1.54, 1.807) is 0 Å².